The Morgan fingerprint density at radius 1 is 1.04 bits per heavy atom. The Balaban J connectivity index is 1.91. The monoisotopic (exact) mass is 344 g/mol. The summed E-state index contributed by atoms with van der Waals surface area (Å²) in [6.07, 6.45) is 2.36. The quantitative estimate of drug-likeness (QED) is 0.440. The molecule has 0 aromatic heterocycles. The van der Waals surface area contributed by atoms with Crippen molar-refractivity contribution in [2.24, 2.45) is 0 Å². The zero-order valence-electron chi connectivity index (χ0n) is 13.1. The summed E-state index contributed by atoms with van der Waals surface area (Å²) in [6, 6.07) is 15.9. The largest absolute Gasteiger partial charge is 0.454 e. The molecule has 0 amide bonds. The summed E-state index contributed by atoms with van der Waals surface area (Å²) in [5.74, 6) is -0.975. The van der Waals surface area contributed by atoms with Crippen LogP contribution in [0, 0.1) is 0 Å². The van der Waals surface area contributed by atoms with E-state index in [4.69, 9.17) is 21.1 Å². The molecule has 0 heterocycles. The molecule has 0 aliphatic carbocycles. The van der Waals surface area contributed by atoms with E-state index in [1.807, 2.05) is 37.3 Å². The van der Waals surface area contributed by atoms with Gasteiger partial charge < -0.3 is 9.47 Å². The van der Waals surface area contributed by atoms with Gasteiger partial charge in [-0.2, -0.15) is 0 Å². The lowest BCUT2D eigenvalue weighted by atomic mass is 10.1. The molecule has 0 radical (unpaired) electrons. The highest BCUT2D eigenvalue weighted by molar-refractivity contribution is 6.30. The first kappa shape index (κ1) is 17.8. The van der Waals surface area contributed by atoms with E-state index >= 15 is 0 Å². The summed E-state index contributed by atoms with van der Waals surface area (Å²) in [5.41, 5.74) is 0.906. The average molecular weight is 345 g/mol. The van der Waals surface area contributed by atoms with Gasteiger partial charge in [-0.15, -0.1) is 0 Å². The Bertz CT molecular complexity index is 725. The van der Waals surface area contributed by atoms with Crippen LogP contribution in [0.25, 0.3) is 0 Å². The molecular weight excluding hydrogens is 328 g/mol. The maximum atomic E-state index is 11.9. The summed E-state index contributed by atoms with van der Waals surface area (Å²) in [7, 11) is 0. The van der Waals surface area contributed by atoms with Gasteiger partial charge in [0.15, 0.2) is 0 Å². The van der Waals surface area contributed by atoms with Crippen LogP contribution < -0.4 is 4.74 Å². The van der Waals surface area contributed by atoms with E-state index in [0.717, 1.165) is 17.7 Å². The van der Waals surface area contributed by atoms with Crippen LogP contribution in [-0.2, 0) is 14.3 Å². The van der Waals surface area contributed by atoms with Gasteiger partial charge in [-0.05, 0) is 30.2 Å². The van der Waals surface area contributed by atoms with Crippen molar-refractivity contribution in [1.29, 1.82) is 0 Å². The molecule has 2 aromatic rings. The van der Waals surface area contributed by atoms with Crippen LogP contribution >= 0.6 is 11.6 Å². The van der Waals surface area contributed by atoms with Gasteiger partial charge in [0.1, 0.15) is 11.9 Å². The third kappa shape index (κ3) is 5.56. The lowest BCUT2D eigenvalue weighted by Gasteiger charge is -2.15. The minimum Gasteiger partial charge on any atom is -0.454 e. The molecule has 0 spiro atoms. The second kappa shape index (κ2) is 8.89. The third-order valence-electron chi connectivity index (χ3n) is 3.17. The smallest absolute Gasteiger partial charge is 0.336 e. The van der Waals surface area contributed by atoms with Crippen molar-refractivity contribution in [2.75, 3.05) is 0 Å². The number of halogens is 1. The van der Waals surface area contributed by atoms with Crippen LogP contribution in [0.1, 0.15) is 25.0 Å². The Morgan fingerprint density at radius 2 is 1.75 bits per heavy atom. The van der Waals surface area contributed by atoms with Crippen molar-refractivity contribution < 1.29 is 19.1 Å². The first-order valence-corrected chi connectivity index (χ1v) is 7.87. The third-order valence-corrected chi connectivity index (χ3v) is 3.41. The maximum Gasteiger partial charge on any atom is 0.336 e. The first-order valence-electron chi connectivity index (χ1n) is 7.49. The predicted octanol–water partition coefficient (Wildman–Crippen LogP) is 4.50. The summed E-state index contributed by atoms with van der Waals surface area (Å²) < 4.78 is 10.4. The van der Waals surface area contributed by atoms with Crippen molar-refractivity contribution in [1.82, 2.24) is 0 Å². The van der Waals surface area contributed by atoms with Gasteiger partial charge in [0.2, 0.25) is 0 Å². The van der Waals surface area contributed by atoms with Gasteiger partial charge in [-0.1, -0.05) is 54.9 Å². The Hall–Kier alpha value is -2.59. The van der Waals surface area contributed by atoms with Crippen LogP contribution in [0.3, 0.4) is 0 Å². The van der Waals surface area contributed by atoms with Gasteiger partial charge in [-0.25, -0.2) is 9.59 Å². The standard InChI is InChI=1S/C19H17ClO4/c1-2-17(14-7-4-3-5-8-14)24-19(22)12-11-18(21)23-16-10-6-9-15(20)13-16/h3-13,17H,2H2,1H3/b12-11+. The van der Waals surface area contributed by atoms with Gasteiger partial charge in [0.05, 0.1) is 0 Å². The first-order chi connectivity index (χ1) is 11.6. The van der Waals surface area contributed by atoms with E-state index in [9.17, 15) is 9.59 Å². The van der Waals surface area contributed by atoms with E-state index in [2.05, 4.69) is 0 Å². The van der Waals surface area contributed by atoms with Gasteiger partial charge in [0.25, 0.3) is 0 Å². The lowest BCUT2D eigenvalue weighted by molar-refractivity contribution is -0.144. The number of ether oxygens (including phenoxy) is 2. The summed E-state index contributed by atoms with van der Waals surface area (Å²) in [5, 5.41) is 0.456. The predicted molar refractivity (Wildman–Crippen MR) is 91.8 cm³/mol. The molecule has 0 saturated carbocycles. The molecule has 0 aliphatic rings. The molecular formula is C19H17ClO4. The van der Waals surface area contributed by atoms with E-state index < -0.39 is 11.9 Å². The van der Waals surface area contributed by atoms with Crippen LogP contribution in [0.4, 0.5) is 0 Å². The number of hydrogen-bond acceptors (Lipinski definition) is 4. The number of benzene rings is 2. The fourth-order valence-corrected chi connectivity index (χ4v) is 2.23. The topological polar surface area (TPSA) is 52.6 Å². The minimum atomic E-state index is -0.679. The SMILES string of the molecule is CCC(OC(=O)/C=C/C(=O)Oc1cccc(Cl)c1)c1ccccc1. The summed E-state index contributed by atoms with van der Waals surface area (Å²) in [6.45, 7) is 1.92. The van der Waals surface area contributed by atoms with Crippen LogP contribution in [0.2, 0.25) is 5.02 Å². The van der Waals surface area contributed by atoms with Crippen LogP contribution in [0.15, 0.2) is 66.7 Å². The summed E-state index contributed by atoms with van der Waals surface area (Å²) >= 11 is 5.80. The Morgan fingerprint density at radius 3 is 2.42 bits per heavy atom. The van der Waals surface area contributed by atoms with Gasteiger partial charge >= 0.3 is 11.9 Å². The van der Waals surface area contributed by atoms with E-state index in [1.165, 1.54) is 6.07 Å². The molecule has 5 heteroatoms. The molecule has 1 atom stereocenters. The highest BCUT2D eigenvalue weighted by Gasteiger charge is 2.13. The number of esters is 2. The zero-order chi connectivity index (χ0) is 17.4. The van der Waals surface area contributed by atoms with Crippen molar-refractivity contribution in [3.05, 3.63) is 77.3 Å². The average Bonchev–Trinajstić information content (AvgIpc) is 2.58. The summed E-state index contributed by atoms with van der Waals surface area (Å²) in [4.78, 5) is 23.6. The van der Waals surface area contributed by atoms with Gasteiger partial charge in [-0.3, -0.25) is 0 Å². The molecule has 24 heavy (non-hydrogen) atoms. The van der Waals surface area contributed by atoms with Crippen molar-refractivity contribution in [2.45, 2.75) is 19.4 Å². The number of hydrogen-bond donors (Lipinski definition) is 0. The van der Waals surface area contributed by atoms with Crippen molar-refractivity contribution in [3.8, 4) is 5.75 Å². The normalized spacial score (nSPS) is 11.9. The number of carbonyl (C=O) groups is 2. The Kier molecular flexibility index (Phi) is 6.58. The highest BCUT2D eigenvalue weighted by Crippen LogP contribution is 2.21. The van der Waals surface area contributed by atoms with Crippen LogP contribution in [-0.4, -0.2) is 11.9 Å². The second-order valence-corrected chi connectivity index (χ2v) is 5.39. The molecule has 0 bridgehead atoms. The molecule has 0 N–H and O–H groups in total. The molecule has 124 valence electrons. The highest BCUT2D eigenvalue weighted by atomic mass is 35.5. The molecule has 0 aliphatic heterocycles. The van der Waals surface area contributed by atoms with E-state index in [-0.39, 0.29) is 6.10 Å². The van der Waals surface area contributed by atoms with Crippen LogP contribution in [0.5, 0.6) is 5.75 Å². The van der Waals surface area contributed by atoms with Crippen molar-refractivity contribution >= 4 is 23.5 Å². The lowest BCUT2D eigenvalue weighted by Crippen LogP contribution is -2.10. The molecule has 4 nitrogen and oxygen atoms in total. The van der Waals surface area contributed by atoms with Gasteiger partial charge in [0, 0.05) is 17.2 Å². The molecule has 0 fully saturated rings. The Labute approximate surface area is 145 Å². The molecule has 2 aromatic carbocycles. The van der Waals surface area contributed by atoms with E-state index in [0.29, 0.717) is 17.2 Å². The maximum absolute atomic E-state index is 11.9. The zero-order valence-corrected chi connectivity index (χ0v) is 13.9. The molecule has 0 saturated heterocycles. The molecule has 1 unspecified atom stereocenters. The number of carbonyl (C=O) groups excluding carboxylic acids is 2. The number of rotatable bonds is 6. The molecule has 2 rings (SSSR count). The fourth-order valence-electron chi connectivity index (χ4n) is 2.05. The minimum absolute atomic E-state index is 0.307. The second-order valence-electron chi connectivity index (χ2n) is 4.96. The van der Waals surface area contributed by atoms with Crippen molar-refractivity contribution in [3.63, 3.8) is 0 Å². The van der Waals surface area contributed by atoms with E-state index in [1.54, 1.807) is 18.2 Å². The fraction of sp³-hybridized carbons (Fsp3) is 0.158.